The van der Waals surface area contributed by atoms with Gasteiger partial charge in [0.1, 0.15) is 5.52 Å². The molecular weight excluding hydrogens is 200 g/mol. The molecule has 0 fully saturated rings. The average Bonchev–Trinajstić information content (AvgIpc) is 2.80. The van der Waals surface area contributed by atoms with Crippen LogP contribution in [-0.4, -0.2) is 20.6 Å². The van der Waals surface area contributed by atoms with E-state index in [1.54, 1.807) is 12.4 Å². The summed E-state index contributed by atoms with van der Waals surface area (Å²) >= 11 is 0. The smallest absolute Gasteiger partial charge is 0.152 e. The zero-order valence-electron chi connectivity index (χ0n) is 9.00. The first kappa shape index (κ1) is 9.39. The summed E-state index contributed by atoms with van der Waals surface area (Å²) in [5.41, 5.74) is 1.04. The Kier molecular flexibility index (Phi) is 2.33. The van der Waals surface area contributed by atoms with E-state index in [2.05, 4.69) is 27.6 Å². The van der Waals surface area contributed by atoms with Crippen molar-refractivity contribution in [1.29, 1.82) is 0 Å². The molecule has 3 rings (SSSR count). The normalized spacial score (nSPS) is 20.1. The highest BCUT2D eigenvalue weighted by molar-refractivity contribution is 5.67. The van der Waals surface area contributed by atoms with Crippen LogP contribution >= 0.6 is 0 Å². The van der Waals surface area contributed by atoms with E-state index >= 15 is 0 Å². The fourth-order valence-electron chi connectivity index (χ4n) is 2.09. The molecule has 1 unspecified atom stereocenters. The van der Waals surface area contributed by atoms with Crippen LogP contribution in [0.25, 0.3) is 5.52 Å². The fourth-order valence-corrected chi connectivity index (χ4v) is 2.09. The van der Waals surface area contributed by atoms with Crippen LogP contribution in [0.1, 0.15) is 19.3 Å². The van der Waals surface area contributed by atoms with Gasteiger partial charge < -0.3 is 5.32 Å². The Labute approximate surface area is 94.0 Å². The molecule has 2 aromatic heterocycles. The second-order valence-electron chi connectivity index (χ2n) is 4.06. The second-order valence-corrected chi connectivity index (χ2v) is 4.06. The number of hydrogen-bond donors (Lipinski definition) is 1. The molecule has 0 aromatic carbocycles. The van der Waals surface area contributed by atoms with Gasteiger partial charge >= 0.3 is 0 Å². The van der Waals surface area contributed by atoms with Gasteiger partial charge in [-0.1, -0.05) is 12.2 Å². The number of hydrogen-bond acceptors (Lipinski definition) is 3. The Morgan fingerprint density at radius 1 is 1.31 bits per heavy atom. The zero-order chi connectivity index (χ0) is 10.8. The van der Waals surface area contributed by atoms with Crippen LogP contribution in [0.2, 0.25) is 0 Å². The summed E-state index contributed by atoms with van der Waals surface area (Å²) in [7, 11) is 0. The lowest BCUT2D eigenvalue weighted by Gasteiger charge is -2.20. The standard InChI is InChI=1S/C12H14N4/c1-2-4-10(5-3-1)15-12-11-6-7-14-16(11)9-8-13-12/h1-2,6-10H,3-5H2,(H,13,15). The minimum atomic E-state index is 0.499. The summed E-state index contributed by atoms with van der Waals surface area (Å²) in [6.07, 6.45) is 13.3. The number of aromatic nitrogens is 3. The van der Waals surface area contributed by atoms with Crippen molar-refractivity contribution in [3.05, 3.63) is 36.8 Å². The molecule has 0 amide bonds. The number of rotatable bonds is 2. The van der Waals surface area contributed by atoms with Gasteiger partial charge in [0.2, 0.25) is 0 Å². The van der Waals surface area contributed by atoms with Crippen molar-refractivity contribution < 1.29 is 0 Å². The Hall–Kier alpha value is -1.84. The van der Waals surface area contributed by atoms with E-state index in [9.17, 15) is 0 Å². The largest absolute Gasteiger partial charge is 0.365 e. The number of allylic oxidation sites excluding steroid dienone is 1. The molecule has 2 heterocycles. The predicted molar refractivity (Wildman–Crippen MR) is 63.4 cm³/mol. The van der Waals surface area contributed by atoms with E-state index < -0.39 is 0 Å². The third kappa shape index (κ3) is 1.66. The molecule has 0 saturated heterocycles. The highest BCUT2D eigenvalue weighted by Crippen LogP contribution is 2.19. The van der Waals surface area contributed by atoms with Crippen LogP contribution in [0, 0.1) is 0 Å². The van der Waals surface area contributed by atoms with E-state index in [-0.39, 0.29) is 0 Å². The SMILES string of the molecule is C1=CCC(Nc2nccn3nccc23)CC1. The van der Waals surface area contributed by atoms with Crippen molar-refractivity contribution >= 4 is 11.3 Å². The molecule has 0 bridgehead atoms. The second kappa shape index (κ2) is 3.96. The number of nitrogens with zero attached hydrogens (tertiary/aromatic N) is 3. The molecule has 1 aliphatic carbocycles. The Morgan fingerprint density at radius 3 is 3.19 bits per heavy atom. The van der Waals surface area contributed by atoms with E-state index in [0.29, 0.717) is 6.04 Å². The predicted octanol–water partition coefficient (Wildman–Crippen LogP) is 2.25. The van der Waals surface area contributed by atoms with Crippen LogP contribution < -0.4 is 5.32 Å². The van der Waals surface area contributed by atoms with Gasteiger partial charge in [-0.25, -0.2) is 9.50 Å². The first-order valence-electron chi connectivity index (χ1n) is 5.63. The maximum Gasteiger partial charge on any atom is 0.152 e. The summed E-state index contributed by atoms with van der Waals surface area (Å²) in [5, 5.41) is 7.68. The van der Waals surface area contributed by atoms with Gasteiger partial charge in [-0.2, -0.15) is 5.10 Å². The van der Waals surface area contributed by atoms with Crippen molar-refractivity contribution in [1.82, 2.24) is 14.6 Å². The number of nitrogens with one attached hydrogen (secondary N) is 1. The van der Waals surface area contributed by atoms with E-state index in [4.69, 9.17) is 0 Å². The fraction of sp³-hybridized carbons (Fsp3) is 0.333. The summed E-state index contributed by atoms with van der Waals surface area (Å²) in [6.45, 7) is 0. The molecule has 4 heteroatoms. The van der Waals surface area contributed by atoms with Crippen LogP contribution in [0.5, 0.6) is 0 Å². The van der Waals surface area contributed by atoms with Crippen molar-refractivity contribution in [2.45, 2.75) is 25.3 Å². The molecule has 4 nitrogen and oxygen atoms in total. The Morgan fingerprint density at radius 2 is 2.31 bits per heavy atom. The number of fused-ring (bicyclic) bond motifs is 1. The zero-order valence-corrected chi connectivity index (χ0v) is 9.00. The van der Waals surface area contributed by atoms with Gasteiger partial charge in [-0.3, -0.25) is 0 Å². The van der Waals surface area contributed by atoms with Gasteiger partial charge in [-0.15, -0.1) is 0 Å². The van der Waals surface area contributed by atoms with Crippen molar-refractivity contribution in [2.24, 2.45) is 0 Å². The molecular formula is C12H14N4. The van der Waals surface area contributed by atoms with E-state index in [0.717, 1.165) is 24.2 Å². The molecule has 1 atom stereocenters. The average molecular weight is 214 g/mol. The molecule has 0 saturated carbocycles. The Bertz CT molecular complexity index is 514. The monoisotopic (exact) mass is 214 g/mol. The molecule has 2 aromatic rings. The number of anilines is 1. The third-order valence-corrected chi connectivity index (χ3v) is 2.93. The topological polar surface area (TPSA) is 42.2 Å². The molecule has 16 heavy (non-hydrogen) atoms. The van der Waals surface area contributed by atoms with Crippen molar-refractivity contribution in [2.75, 3.05) is 5.32 Å². The van der Waals surface area contributed by atoms with Crippen LogP contribution in [-0.2, 0) is 0 Å². The first-order chi connectivity index (χ1) is 7.93. The van der Waals surface area contributed by atoms with Gasteiger partial charge in [-0.05, 0) is 25.3 Å². The lowest BCUT2D eigenvalue weighted by atomic mass is 10.0. The molecule has 0 spiro atoms. The summed E-state index contributed by atoms with van der Waals surface area (Å²) in [4.78, 5) is 4.38. The van der Waals surface area contributed by atoms with Crippen LogP contribution in [0.3, 0.4) is 0 Å². The molecule has 0 aliphatic heterocycles. The van der Waals surface area contributed by atoms with Gasteiger partial charge in [0, 0.05) is 18.4 Å². The van der Waals surface area contributed by atoms with Crippen LogP contribution in [0.4, 0.5) is 5.82 Å². The van der Waals surface area contributed by atoms with Crippen molar-refractivity contribution in [3.63, 3.8) is 0 Å². The van der Waals surface area contributed by atoms with E-state index in [1.165, 1.54) is 6.42 Å². The summed E-state index contributed by atoms with van der Waals surface area (Å²) in [5.74, 6) is 0.931. The summed E-state index contributed by atoms with van der Waals surface area (Å²) in [6, 6.07) is 2.48. The van der Waals surface area contributed by atoms with Gasteiger partial charge in [0.25, 0.3) is 0 Å². The first-order valence-corrected chi connectivity index (χ1v) is 5.63. The lowest BCUT2D eigenvalue weighted by Crippen LogP contribution is -2.21. The molecule has 1 aliphatic rings. The van der Waals surface area contributed by atoms with Gasteiger partial charge in [0.15, 0.2) is 5.82 Å². The third-order valence-electron chi connectivity index (χ3n) is 2.93. The highest BCUT2D eigenvalue weighted by Gasteiger charge is 2.11. The molecule has 1 N–H and O–H groups in total. The maximum atomic E-state index is 4.38. The van der Waals surface area contributed by atoms with Crippen LogP contribution in [0.15, 0.2) is 36.8 Å². The Balaban J connectivity index is 1.88. The molecule has 82 valence electrons. The van der Waals surface area contributed by atoms with Gasteiger partial charge in [0.05, 0.1) is 6.20 Å². The van der Waals surface area contributed by atoms with E-state index in [1.807, 2.05) is 16.8 Å². The van der Waals surface area contributed by atoms with Crippen molar-refractivity contribution in [3.8, 4) is 0 Å². The minimum absolute atomic E-state index is 0.499. The quantitative estimate of drug-likeness (QED) is 0.780. The minimum Gasteiger partial charge on any atom is -0.365 e. The molecule has 0 radical (unpaired) electrons. The summed E-state index contributed by atoms with van der Waals surface area (Å²) < 4.78 is 1.84. The highest BCUT2D eigenvalue weighted by atomic mass is 15.2. The lowest BCUT2D eigenvalue weighted by molar-refractivity contribution is 0.642. The maximum absolute atomic E-state index is 4.38.